The van der Waals surface area contributed by atoms with Crippen LogP contribution in [0.4, 0.5) is 10.2 Å². The Morgan fingerprint density at radius 3 is 2.59 bits per heavy atom. The first-order chi connectivity index (χ1) is 16.1. The van der Waals surface area contributed by atoms with Crippen LogP contribution in [0.2, 0.25) is 0 Å². The molecule has 8 nitrogen and oxygen atoms in total. The normalized spacial score (nSPS) is 18.5. The first kappa shape index (κ1) is 23.7. The highest BCUT2D eigenvalue weighted by Crippen LogP contribution is 2.31. The monoisotopic (exact) mass is 466 g/mol. The topological polar surface area (TPSA) is 96.2 Å². The molecule has 3 aromatic rings. The first-order valence-electron chi connectivity index (χ1n) is 11.5. The van der Waals surface area contributed by atoms with Crippen molar-refractivity contribution in [3.8, 4) is 22.7 Å². The molecular formula is C25H31FN6O2. The summed E-state index contributed by atoms with van der Waals surface area (Å²) in [7, 11) is 1.85. The molecule has 1 fully saturated rings. The molecular weight excluding hydrogens is 435 g/mol. The predicted octanol–water partition coefficient (Wildman–Crippen LogP) is 4.28. The number of anilines is 1. The van der Waals surface area contributed by atoms with Gasteiger partial charge in [0.05, 0.1) is 17.4 Å². The first-order valence-corrected chi connectivity index (χ1v) is 11.5. The number of hydrogen-bond donors (Lipinski definition) is 2. The lowest BCUT2D eigenvalue weighted by Gasteiger charge is -2.34. The van der Waals surface area contributed by atoms with Gasteiger partial charge in [0.2, 0.25) is 0 Å². The van der Waals surface area contributed by atoms with Crippen LogP contribution in [0.5, 0.6) is 5.75 Å². The van der Waals surface area contributed by atoms with E-state index in [1.165, 1.54) is 6.33 Å². The average molecular weight is 467 g/mol. The van der Waals surface area contributed by atoms with Crippen LogP contribution >= 0.6 is 0 Å². The second-order valence-electron chi connectivity index (χ2n) is 9.83. The number of phenolic OH excluding ortho intramolecular Hbond substituents is 1. The molecule has 1 amide bonds. The van der Waals surface area contributed by atoms with E-state index in [1.807, 2.05) is 32.7 Å². The summed E-state index contributed by atoms with van der Waals surface area (Å²) in [6, 6.07) is 8.51. The van der Waals surface area contributed by atoms with E-state index in [2.05, 4.69) is 20.5 Å². The molecule has 2 heterocycles. The van der Waals surface area contributed by atoms with Gasteiger partial charge in [0.25, 0.3) is 5.91 Å². The fraction of sp³-hybridized carbons (Fsp3) is 0.440. The van der Waals surface area contributed by atoms with E-state index in [0.717, 1.165) is 19.3 Å². The molecule has 0 spiro atoms. The van der Waals surface area contributed by atoms with Crippen molar-refractivity contribution in [2.24, 2.45) is 0 Å². The molecule has 0 bridgehead atoms. The summed E-state index contributed by atoms with van der Waals surface area (Å²) < 4.78 is 16.0. The number of carbonyl (C=O) groups excluding carboxylic acids is 1. The number of benzene rings is 1. The standard InChI is InChI=1S/C25H31FN6O2/c1-25(2,3)28-24(34)20-14-32(15-27-20)16-9-10-17(22(33)13-16)19-11-12-23(30-29-19)31(4)21-8-6-5-7-18(21)26/h9-15,18,21,33H,5-8H2,1-4H3,(H,28,34)/t18-,21+/m0/s1. The van der Waals surface area contributed by atoms with E-state index in [1.54, 1.807) is 41.1 Å². The summed E-state index contributed by atoms with van der Waals surface area (Å²) in [6.07, 6.45) is 5.61. The summed E-state index contributed by atoms with van der Waals surface area (Å²) in [5.41, 5.74) is 1.61. The van der Waals surface area contributed by atoms with Crippen molar-refractivity contribution in [3.05, 3.63) is 48.5 Å². The minimum Gasteiger partial charge on any atom is -0.507 e. The highest BCUT2D eigenvalue weighted by Gasteiger charge is 2.29. The number of nitrogens with zero attached hydrogens (tertiary/aromatic N) is 5. The molecule has 2 atom stereocenters. The number of aromatic hydroxyl groups is 1. The molecule has 0 aliphatic heterocycles. The van der Waals surface area contributed by atoms with Crippen molar-refractivity contribution < 1.29 is 14.3 Å². The van der Waals surface area contributed by atoms with E-state index in [4.69, 9.17) is 0 Å². The second-order valence-corrected chi connectivity index (χ2v) is 9.83. The molecule has 34 heavy (non-hydrogen) atoms. The maximum Gasteiger partial charge on any atom is 0.271 e. The molecule has 9 heteroatoms. The number of nitrogens with one attached hydrogen (secondary N) is 1. The van der Waals surface area contributed by atoms with Crippen molar-refractivity contribution >= 4 is 11.7 Å². The van der Waals surface area contributed by atoms with Gasteiger partial charge in [-0.15, -0.1) is 10.2 Å². The third-order valence-corrected chi connectivity index (χ3v) is 6.02. The van der Waals surface area contributed by atoms with Gasteiger partial charge in [-0.25, -0.2) is 9.37 Å². The zero-order chi connectivity index (χ0) is 24.5. The minimum absolute atomic E-state index is 0.0263. The van der Waals surface area contributed by atoms with E-state index >= 15 is 0 Å². The molecule has 1 aliphatic carbocycles. The third kappa shape index (κ3) is 5.18. The van der Waals surface area contributed by atoms with Crippen molar-refractivity contribution in [2.45, 2.75) is 64.2 Å². The smallest absolute Gasteiger partial charge is 0.271 e. The number of imidazole rings is 1. The van der Waals surface area contributed by atoms with Gasteiger partial charge in [-0.05, 0) is 57.9 Å². The Hall–Kier alpha value is -3.49. The Labute approximate surface area is 198 Å². The summed E-state index contributed by atoms with van der Waals surface area (Å²) in [5.74, 6) is 0.368. The van der Waals surface area contributed by atoms with Crippen LogP contribution in [0.15, 0.2) is 42.9 Å². The number of rotatable bonds is 5. The molecule has 0 saturated heterocycles. The number of aromatic nitrogens is 4. The third-order valence-electron chi connectivity index (χ3n) is 6.02. The van der Waals surface area contributed by atoms with Crippen LogP contribution in [0.3, 0.4) is 0 Å². The fourth-order valence-corrected chi connectivity index (χ4v) is 4.21. The molecule has 1 aromatic carbocycles. The molecule has 1 saturated carbocycles. The summed E-state index contributed by atoms with van der Waals surface area (Å²) in [5, 5.41) is 22.1. The van der Waals surface area contributed by atoms with Gasteiger partial charge >= 0.3 is 0 Å². The van der Waals surface area contributed by atoms with Crippen LogP contribution < -0.4 is 10.2 Å². The van der Waals surface area contributed by atoms with Gasteiger partial charge in [0.1, 0.15) is 23.9 Å². The van der Waals surface area contributed by atoms with Gasteiger partial charge in [0.15, 0.2) is 5.82 Å². The quantitative estimate of drug-likeness (QED) is 0.583. The van der Waals surface area contributed by atoms with Crippen molar-refractivity contribution in [1.82, 2.24) is 25.1 Å². The molecule has 2 aromatic heterocycles. The Balaban J connectivity index is 1.50. The fourth-order valence-electron chi connectivity index (χ4n) is 4.21. The highest BCUT2D eigenvalue weighted by atomic mass is 19.1. The number of amides is 1. The van der Waals surface area contributed by atoms with E-state index in [0.29, 0.717) is 29.2 Å². The van der Waals surface area contributed by atoms with Crippen LogP contribution in [0, 0.1) is 0 Å². The van der Waals surface area contributed by atoms with Gasteiger partial charge in [-0.2, -0.15) is 0 Å². The van der Waals surface area contributed by atoms with Crippen LogP contribution in [-0.4, -0.2) is 55.6 Å². The van der Waals surface area contributed by atoms with Crippen LogP contribution in [0.25, 0.3) is 16.9 Å². The van der Waals surface area contributed by atoms with Gasteiger partial charge in [0, 0.05) is 30.4 Å². The number of hydrogen-bond acceptors (Lipinski definition) is 6. The van der Waals surface area contributed by atoms with Gasteiger partial charge < -0.3 is 19.9 Å². The lowest BCUT2D eigenvalue weighted by Crippen LogP contribution is -2.41. The maximum atomic E-state index is 14.3. The van der Waals surface area contributed by atoms with Gasteiger partial charge in [-0.1, -0.05) is 12.8 Å². The largest absolute Gasteiger partial charge is 0.507 e. The number of carbonyl (C=O) groups is 1. The zero-order valence-corrected chi connectivity index (χ0v) is 20.0. The zero-order valence-electron chi connectivity index (χ0n) is 20.0. The summed E-state index contributed by atoms with van der Waals surface area (Å²) >= 11 is 0. The highest BCUT2D eigenvalue weighted by molar-refractivity contribution is 5.92. The van der Waals surface area contributed by atoms with Crippen LogP contribution in [-0.2, 0) is 0 Å². The van der Waals surface area contributed by atoms with E-state index < -0.39 is 6.17 Å². The second kappa shape index (κ2) is 9.40. The van der Waals surface area contributed by atoms with Crippen molar-refractivity contribution in [1.29, 1.82) is 0 Å². The lowest BCUT2D eigenvalue weighted by atomic mass is 9.92. The van der Waals surface area contributed by atoms with Gasteiger partial charge in [-0.3, -0.25) is 4.79 Å². The van der Waals surface area contributed by atoms with Crippen molar-refractivity contribution in [3.63, 3.8) is 0 Å². The average Bonchev–Trinajstić information content (AvgIpc) is 3.29. The molecule has 1 aliphatic rings. The lowest BCUT2D eigenvalue weighted by molar-refractivity contribution is 0.0915. The Kier molecular flexibility index (Phi) is 6.54. The summed E-state index contributed by atoms with van der Waals surface area (Å²) in [4.78, 5) is 18.4. The molecule has 0 radical (unpaired) electrons. The molecule has 4 rings (SSSR count). The molecule has 0 unspecified atom stereocenters. The van der Waals surface area contributed by atoms with E-state index in [9.17, 15) is 14.3 Å². The minimum atomic E-state index is -0.861. The number of alkyl halides is 1. The SMILES string of the molecule is CN(c1ccc(-c2ccc(-n3cnc(C(=O)NC(C)(C)C)c3)cc2O)nn1)[C@@H]1CCCC[C@@H]1F. The predicted molar refractivity (Wildman–Crippen MR) is 129 cm³/mol. The number of halogens is 1. The number of phenols is 1. The summed E-state index contributed by atoms with van der Waals surface area (Å²) in [6.45, 7) is 5.71. The van der Waals surface area contributed by atoms with E-state index in [-0.39, 0.29) is 28.9 Å². The molecule has 180 valence electrons. The maximum absolute atomic E-state index is 14.3. The van der Waals surface area contributed by atoms with Crippen LogP contribution in [0.1, 0.15) is 56.9 Å². The van der Waals surface area contributed by atoms with Crippen molar-refractivity contribution in [2.75, 3.05) is 11.9 Å². The Morgan fingerprint density at radius 1 is 1.18 bits per heavy atom. The Bertz CT molecular complexity index is 1150. The Morgan fingerprint density at radius 2 is 1.94 bits per heavy atom. The molecule has 2 N–H and O–H groups in total.